The predicted molar refractivity (Wildman–Crippen MR) is 84.7 cm³/mol. The number of nitrogens with zero attached hydrogens (tertiary/aromatic N) is 1. The number of piperidine rings is 1. The quantitative estimate of drug-likeness (QED) is 0.787. The van der Waals surface area contributed by atoms with Gasteiger partial charge in [0.15, 0.2) is 0 Å². The Kier molecular flexibility index (Phi) is 5.88. The Morgan fingerprint density at radius 1 is 1.10 bits per heavy atom. The van der Waals surface area contributed by atoms with E-state index in [4.69, 9.17) is 5.73 Å². The van der Waals surface area contributed by atoms with Gasteiger partial charge in [-0.05, 0) is 70.0 Å². The van der Waals surface area contributed by atoms with Crippen molar-refractivity contribution in [3.05, 3.63) is 0 Å². The maximum Gasteiger partial charge on any atom is 0.0767 e. The van der Waals surface area contributed by atoms with Gasteiger partial charge in [0.1, 0.15) is 0 Å². The molecule has 1 heterocycles. The monoisotopic (exact) mass is 282 g/mol. The van der Waals surface area contributed by atoms with Crippen molar-refractivity contribution in [2.45, 2.75) is 76.7 Å². The summed E-state index contributed by atoms with van der Waals surface area (Å²) in [6.07, 6.45) is 12.8. The topological polar surface area (TPSA) is 49.5 Å². The van der Waals surface area contributed by atoms with E-state index in [9.17, 15) is 5.11 Å². The minimum absolute atomic E-state index is 0.395. The summed E-state index contributed by atoms with van der Waals surface area (Å²) in [7, 11) is 0. The summed E-state index contributed by atoms with van der Waals surface area (Å²) in [5.41, 5.74) is 5.75. The molecule has 1 saturated heterocycles. The lowest BCUT2D eigenvalue weighted by atomic mass is 9.68. The molecular weight excluding hydrogens is 248 g/mol. The smallest absolute Gasteiger partial charge is 0.0767 e. The van der Waals surface area contributed by atoms with Gasteiger partial charge in [0.25, 0.3) is 0 Å². The lowest BCUT2D eigenvalue weighted by molar-refractivity contribution is 0.0256. The highest BCUT2D eigenvalue weighted by Crippen LogP contribution is 2.44. The van der Waals surface area contributed by atoms with Crippen molar-refractivity contribution >= 4 is 0 Å². The summed E-state index contributed by atoms with van der Waals surface area (Å²) >= 11 is 0. The molecule has 1 unspecified atom stereocenters. The van der Waals surface area contributed by atoms with Crippen LogP contribution in [0.1, 0.15) is 71.1 Å². The first-order valence-electron chi connectivity index (χ1n) is 8.76. The van der Waals surface area contributed by atoms with Crippen molar-refractivity contribution in [1.29, 1.82) is 0 Å². The van der Waals surface area contributed by atoms with Gasteiger partial charge in [-0.25, -0.2) is 0 Å². The van der Waals surface area contributed by atoms with Crippen molar-refractivity contribution in [3.63, 3.8) is 0 Å². The van der Waals surface area contributed by atoms with Gasteiger partial charge in [-0.3, -0.25) is 0 Å². The van der Waals surface area contributed by atoms with Gasteiger partial charge in [-0.15, -0.1) is 0 Å². The molecule has 0 radical (unpaired) electrons. The van der Waals surface area contributed by atoms with Gasteiger partial charge in [0.05, 0.1) is 5.60 Å². The third-order valence-electron chi connectivity index (χ3n) is 5.99. The fourth-order valence-electron chi connectivity index (χ4n) is 4.11. The Morgan fingerprint density at radius 2 is 1.75 bits per heavy atom. The van der Waals surface area contributed by atoms with Crippen LogP contribution in [0.25, 0.3) is 0 Å². The van der Waals surface area contributed by atoms with E-state index < -0.39 is 5.60 Å². The molecule has 3 nitrogen and oxygen atoms in total. The second kappa shape index (κ2) is 7.24. The predicted octanol–water partition coefficient (Wildman–Crippen LogP) is 2.91. The van der Waals surface area contributed by atoms with Gasteiger partial charge in [0.2, 0.25) is 0 Å². The normalized spacial score (nSPS) is 26.6. The van der Waals surface area contributed by atoms with E-state index in [1.165, 1.54) is 58.0 Å². The molecule has 0 bridgehead atoms. The standard InChI is InChI=1S/C17H34N2O/c1-2-17(20,15-18)9-6-12-19-13-10-16(11-14-19)7-4-3-5-8-16/h20H,2-15,18H2,1H3. The first-order chi connectivity index (χ1) is 9.61. The Balaban J connectivity index is 1.67. The van der Waals surface area contributed by atoms with Crippen molar-refractivity contribution in [2.24, 2.45) is 11.1 Å². The van der Waals surface area contributed by atoms with Gasteiger partial charge in [-0.1, -0.05) is 26.2 Å². The van der Waals surface area contributed by atoms with Crippen LogP contribution in [0.5, 0.6) is 0 Å². The zero-order chi connectivity index (χ0) is 14.5. The number of aliphatic hydroxyl groups is 1. The van der Waals surface area contributed by atoms with Crippen LogP contribution in [-0.2, 0) is 0 Å². The zero-order valence-electron chi connectivity index (χ0n) is 13.4. The zero-order valence-corrected chi connectivity index (χ0v) is 13.4. The Labute approximate surface area is 124 Å². The molecule has 3 N–H and O–H groups in total. The SMILES string of the molecule is CCC(O)(CN)CCCN1CCC2(CCCCC2)CC1. The van der Waals surface area contributed by atoms with E-state index in [0.717, 1.165) is 25.8 Å². The lowest BCUT2D eigenvalue weighted by Gasteiger charge is -2.44. The molecule has 0 aromatic heterocycles. The number of hydrogen-bond donors (Lipinski definition) is 2. The van der Waals surface area contributed by atoms with Gasteiger partial charge < -0.3 is 15.7 Å². The first kappa shape index (κ1) is 16.3. The van der Waals surface area contributed by atoms with Crippen LogP contribution < -0.4 is 5.73 Å². The van der Waals surface area contributed by atoms with E-state index in [-0.39, 0.29) is 0 Å². The van der Waals surface area contributed by atoms with E-state index in [1.54, 1.807) is 0 Å². The molecule has 1 spiro atoms. The fraction of sp³-hybridized carbons (Fsp3) is 1.00. The van der Waals surface area contributed by atoms with Gasteiger partial charge >= 0.3 is 0 Å². The molecular formula is C17H34N2O. The molecule has 1 atom stereocenters. The molecule has 2 fully saturated rings. The van der Waals surface area contributed by atoms with E-state index in [1.807, 2.05) is 6.92 Å². The molecule has 1 saturated carbocycles. The van der Waals surface area contributed by atoms with Crippen LogP contribution in [0.3, 0.4) is 0 Å². The summed E-state index contributed by atoms with van der Waals surface area (Å²) in [4.78, 5) is 2.60. The molecule has 1 aliphatic heterocycles. The van der Waals surface area contributed by atoms with Gasteiger partial charge in [0, 0.05) is 6.54 Å². The third-order valence-corrected chi connectivity index (χ3v) is 5.99. The van der Waals surface area contributed by atoms with Crippen LogP contribution in [-0.4, -0.2) is 41.8 Å². The molecule has 118 valence electrons. The minimum atomic E-state index is -0.625. The van der Waals surface area contributed by atoms with Crippen LogP contribution >= 0.6 is 0 Å². The Hall–Kier alpha value is -0.120. The summed E-state index contributed by atoms with van der Waals surface area (Å²) in [6.45, 7) is 6.10. The molecule has 0 aromatic carbocycles. The van der Waals surface area contributed by atoms with E-state index in [0.29, 0.717) is 12.0 Å². The van der Waals surface area contributed by atoms with Gasteiger partial charge in [-0.2, -0.15) is 0 Å². The van der Waals surface area contributed by atoms with Crippen molar-refractivity contribution in [1.82, 2.24) is 4.90 Å². The van der Waals surface area contributed by atoms with Crippen LogP contribution in [0.4, 0.5) is 0 Å². The molecule has 3 heteroatoms. The summed E-state index contributed by atoms with van der Waals surface area (Å²) < 4.78 is 0. The Bertz CT molecular complexity index is 273. The fourth-order valence-corrected chi connectivity index (χ4v) is 4.11. The number of rotatable bonds is 6. The molecule has 0 aromatic rings. The summed E-state index contributed by atoms with van der Waals surface area (Å²) in [5.74, 6) is 0. The Morgan fingerprint density at radius 3 is 2.30 bits per heavy atom. The second-order valence-corrected chi connectivity index (χ2v) is 7.29. The van der Waals surface area contributed by atoms with Crippen molar-refractivity contribution in [2.75, 3.05) is 26.2 Å². The number of nitrogens with two attached hydrogens (primary N) is 1. The van der Waals surface area contributed by atoms with Crippen LogP contribution in [0.15, 0.2) is 0 Å². The van der Waals surface area contributed by atoms with Crippen LogP contribution in [0.2, 0.25) is 0 Å². The van der Waals surface area contributed by atoms with E-state index >= 15 is 0 Å². The maximum absolute atomic E-state index is 10.2. The summed E-state index contributed by atoms with van der Waals surface area (Å²) in [6, 6.07) is 0. The summed E-state index contributed by atoms with van der Waals surface area (Å²) in [5, 5.41) is 10.2. The molecule has 2 rings (SSSR count). The minimum Gasteiger partial charge on any atom is -0.389 e. The molecule has 0 amide bonds. The average molecular weight is 282 g/mol. The average Bonchev–Trinajstić information content (AvgIpc) is 2.50. The molecule has 1 aliphatic carbocycles. The highest BCUT2D eigenvalue weighted by Gasteiger charge is 2.35. The van der Waals surface area contributed by atoms with E-state index in [2.05, 4.69) is 4.90 Å². The maximum atomic E-state index is 10.2. The lowest BCUT2D eigenvalue weighted by Crippen LogP contribution is -2.42. The highest BCUT2D eigenvalue weighted by molar-refractivity contribution is 4.88. The first-order valence-corrected chi connectivity index (χ1v) is 8.76. The molecule has 2 aliphatic rings. The third kappa shape index (κ3) is 4.19. The van der Waals surface area contributed by atoms with Crippen molar-refractivity contribution < 1.29 is 5.11 Å². The van der Waals surface area contributed by atoms with Crippen molar-refractivity contribution in [3.8, 4) is 0 Å². The number of likely N-dealkylation sites (tertiary alicyclic amines) is 1. The largest absolute Gasteiger partial charge is 0.389 e. The van der Waals surface area contributed by atoms with Crippen LogP contribution in [0, 0.1) is 5.41 Å². The highest BCUT2D eigenvalue weighted by atomic mass is 16.3. The molecule has 20 heavy (non-hydrogen) atoms. The number of hydrogen-bond acceptors (Lipinski definition) is 3. The second-order valence-electron chi connectivity index (χ2n) is 7.29.